The first-order chi connectivity index (χ1) is 10.4. The molecule has 2 rings (SSSR count). The second kappa shape index (κ2) is 7.05. The molecule has 2 aromatic rings. The third-order valence-corrected chi connectivity index (χ3v) is 5.87. The summed E-state index contributed by atoms with van der Waals surface area (Å²) in [6.45, 7) is 3.39. The van der Waals surface area contributed by atoms with Gasteiger partial charge in [-0.3, -0.25) is 0 Å². The van der Waals surface area contributed by atoms with Crippen molar-refractivity contribution in [2.24, 2.45) is 0 Å². The number of hydrogen-bond acceptors (Lipinski definition) is 2. The molecule has 0 bridgehead atoms. The van der Waals surface area contributed by atoms with E-state index in [4.69, 9.17) is 0 Å². The van der Waals surface area contributed by atoms with E-state index in [1.165, 1.54) is 6.07 Å². The van der Waals surface area contributed by atoms with Gasteiger partial charge in [0.25, 0.3) is 0 Å². The molecule has 118 valence electrons. The number of halogens is 1. The summed E-state index contributed by atoms with van der Waals surface area (Å²) >= 11 is 0. The molecule has 0 radical (unpaired) electrons. The van der Waals surface area contributed by atoms with Crippen molar-refractivity contribution in [1.29, 1.82) is 0 Å². The molecule has 0 unspecified atom stereocenters. The standard InChI is InChI=1S/C18H21FO2S/c1-14(2)22(20,21)13-17-10-7-15(8-11-17)6-9-16-4-3-5-18(19)12-16/h3-5,7-8,10-12,14H,6,9,13H2,1-2H3. The zero-order valence-corrected chi connectivity index (χ0v) is 13.7. The Morgan fingerprint density at radius 1 is 0.909 bits per heavy atom. The minimum atomic E-state index is -3.07. The largest absolute Gasteiger partial charge is 0.228 e. The lowest BCUT2D eigenvalue weighted by Gasteiger charge is -2.08. The van der Waals surface area contributed by atoms with Gasteiger partial charge in [-0.1, -0.05) is 36.4 Å². The second-order valence-electron chi connectivity index (χ2n) is 5.80. The van der Waals surface area contributed by atoms with Crippen molar-refractivity contribution in [2.75, 3.05) is 0 Å². The van der Waals surface area contributed by atoms with Crippen LogP contribution in [-0.4, -0.2) is 13.7 Å². The summed E-state index contributed by atoms with van der Waals surface area (Å²) in [5.41, 5.74) is 2.89. The van der Waals surface area contributed by atoms with Gasteiger partial charge < -0.3 is 0 Å². The number of benzene rings is 2. The maximum Gasteiger partial charge on any atom is 0.156 e. The van der Waals surface area contributed by atoms with Crippen molar-refractivity contribution >= 4 is 9.84 Å². The Morgan fingerprint density at radius 3 is 2.09 bits per heavy atom. The van der Waals surface area contributed by atoms with Gasteiger partial charge in [-0.05, 0) is 55.5 Å². The van der Waals surface area contributed by atoms with Gasteiger partial charge in [0, 0.05) is 0 Å². The fourth-order valence-electron chi connectivity index (χ4n) is 2.18. The predicted molar refractivity (Wildman–Crippen MR) is 88.0 cm³/mol. The SMILES string of the molecule is CC(C)S(=O)(=O)Cc1ccc(CCc2cccc(F)c2)cc1. The molecule has 0 aliphatic carbocycles. The first kappa shape index (κ1) is 16.7. The van der Waals surface area contributed by atoms with Crippen LogP contribution in [0.15, 0.2) is 48.5 Å². The fourth-order valence-corrected chi connectivity index (χ4v) is 3.17. The van der Waals surface area contributed by atoms with Crippen LogP contribution < -0.4 is 0 Å². The molecule has 0 aromatic heterocycles. The van der Waals surface area contributed by atoms with Crippen LogP contribution in [0.5, 0.6) is 0 Å². The van der Waals surface area contributed by atoms with Crippen molar-refractivity contribution in [2.45, 2.75) is 37.7 Å². The first-order valence-electron chi connectivity index (χ1n) is 7.40. The van der Waals surface area contributed by atoms with Gasteiger partial charge in [0.2, 0.25) is 0 Å². The molecule has 0 atom stereocenters. The monoisotopic (exact) mass is 320 g/mol. The highest BCUT2D eigenvalue weighted by atomic mass is 32.2. The van der Waals surface area contributed by atoms with Crippen molar-refractivity contribution in [3.63, 3.8) is 0 Å². The highest BCUT2D eigenvalue weighted by Gasteiger charge is 2.16. The molecular formula is C18H21FO2S. The zero-order valence-electron chi connectivity index (χ0n) is 12.9. The van der Waals surface area contributed by atoms with Gasteiger partial charge in [-0.15, -0.1) is 0 Å². The summed E-state index contributed by atoms with van der Waals surface area (Å²) in [4.78, 5) is 0. The Morgan fingerprint density at radius 2 is 1.50 bits per heavy atom. The van der Waals surface area contributed by atoms with E-state index < -0.39 is 9.84 Å². The van der Waals surface area contributed by atoms with E-state index in [1.807, 2.05) is 30.3 Å². The average molecular weight is 320 g/mol. The zero-order chi connectivity index (χ0) is 16.2. The molecule has 0 spiro atoms. The lowest BCUT2D eigenvalue weighted by Crippen LogP contribution is -2.15. The van der Waals surface area contributed by atoms with E-state index in [0.717, 1.165) is 29.5 Å². The fraction of sp³-hybridized carbons (Fsp3) is 0.333. The van der Waals surface area contributed by atoms with Crippen LogP contribution in [0.25, 0.3) is 0 Å². The molecule has 22 heavy (non-hydrogen) atoms. The molecule has 4 heteroatoms. The summed E-state index contributed by atoms with van der Waals surface area (Å²) < 4.78 is 36.9. The number of sulfone groups is 1. The second-order valence-corrected chi connectivity index (χ2v) is 8.36. The van der Waals surface area contributed by atoms with Gasteiger partial charge in [0.05, 0.1) is 11.0 Å². The summed E-state index contributed by atoms with van der Waals surface area (Å²) in [6, 6.07) is 14.2. The molecule has 0 amide bonds. The molecule has 0 fully saturated rings. The quantitative estimate of drug-likeness (QED) is 0.808. The topological polar surface area (TPSA) is 34.1 Å². The highest BCUT2D eigenvalue weighted by Crippen LogP contribution is 2.14. The molecule has 2 nitrogen and oxygen atoms in total. The first-order valence-corrected chi connectivity index (χ1v) is 9.12. The normalized spacial score (nSPS) is 11.8. The molecule has 0 saturated heterocycles. The summed E-state index contributed by atoms with van der Waals surface area (Å²) in [7, 11) is -3.07. The number of rotatable bonds is 6. The van der Waals surface area contributed by atoms with Crippen molar-refractivity contribution in [3.8, 4) is 0 Å². The Balaban J connectivity index is 1.98. The van der Waals surface area contributed by atoms with Crippen LogP contribution >= 0.6 is 0 Å². The molecule has 0 saturated carbocycles. The molecule has 2 aromatic carbocycles. The van der Waals surface area contributed by atoms with Gasteiger partial charge in [-0.25, -0.2) is 12.8 Å². The van der Waals surface area contributed by atoms with Gasteiger partial charge in [0.1, 0.15) is 5.82 Å². The molecule has 0 aliphatic rings. The Bertz CT molecular complexity index is 719. The summed E-state index contributed by atoms with van der Waals surface area (Å²) in [5.74, 6) is -0.138. The number of hydrogen-bond donors (Lipinski definition) is 0. The number of aryl methyl sites for hydroxylation is 2. The Kier molecular flexibility index (Phi) is 5.35. The minimum Gasteiger partial charge on any atom is -0.228 e. The van der Waals surface area contributed by atoms with E-state index in [0.29, 0.717) is 0 Å². The average Bonchev–Trinajstić information content (AvgIpc) is 2.46. The van der Waals surface area contributed by atoms with Crippen molar-refractivity contribution in [1.82, 2.24) is 0 Å². The maximum atomic E-state index is 13.1. The molecule has 0 aliphatic heterocycles. The third kappa shape index (κ3) is 4.67. The van der Waals surface area contributed by atoms with Gasteiger partial charge in [-0.2, -0.15) is 0 Å². The Hall–Kier alpha value is -1.68. The smallest absolute Gasteiger partial charge is 0.156 e. The molecular weight excluding hydrogens is 299 g/mol. The van der Waals surface area contributed by atoms with Gasteiger partial charge >= 0.3 is 0 Å². The van der Waals surface area contributed by atoms with Gasteiger partial charge in [0.15, 0.2) is 9.84 Å². The van der Waals surface area contributed by atoms with Crippen LogP contribution in [0, 0.1) is 5.82 Å². The van der Waals surface area contributed by atoms with Crippen molar-refractivity contribution in [3.05, 3.63) is 71.0 Å². The van der Waals surface area contributed by atoms with Crippen LogP contribution in [0.1, 0.15) is 30.5 Å². The van der Waals surface area contributed by atoms with E-state index >= 15 is 0 Å². The van der Waals surface area contributed by atoms with E-state index in [9.17, 15) is 12.8 Å². The van der Waals surface area contributed by atoms with E-state index in [-0.39, 0.29) is 16.8 Å². The summed E-state index contributed by atoms with van der Waals surface area (Å²) in [6.07, 6.45) is 1.57. The van der Waals surface area contributed by atoms with Crippen LogP contribution in [-0.2, 0) is 28.4 Å². The van der Waals surface area contributed by atoms with E-state index in [1.54, 1.807) is 26.0 Å². The van der Waals surface area contributed by atoms with Crippen molar-refractivity contribution < 1.29 is 12.8 Å². The van der Waals surface area contributed by atoms with Crippen LogP contribution in [0.4, 0.5) is 4.39 Å². The third-order valence-electron chi connectivity index (χ3n) is 3.70. The molecule has 0 N–H and O–H groups in total. The van der Waals surface area contributed by atoms with Crippen LogP contribution in [0.3, 0.4) is 0 Å². The lowest BCUT2D eigenvalue weighted by atomic mass is 10.0. The summed E-state index contributed by atoms with van der Waals surface area (Å²) in [5, 5.41) is -0.361. The maximum absolute atomic E-state index is 13.1. The lowest BCUT2D eigenvalue weighted by molar-refractivity contribution is 0.586. The van der Waals surface area contributed by atoms with E-state index in [2.05, 4.69) is 0 Å². The van der Waals surface area contributed by atoms with Crippen LogP contribution in [0.2, 0.25) is 0 Å². The molecule has 0 heterocycles. The minimum absolute atomic E-state index is 0.0782. The Labute approximate surface area is 131 Å². The predicted octanol–water partition coefficient (Wildman–Crippen LogP) is 3.93. The highest BCUT2D eigenvalue weighted by molar-refractivity contribution is 7.91.